The second-order valence-electron chi connectivity index (χ2n) is 5.26. The van der Waals surface area contributed by atoms with Crippen LogP contribution in [0.3, 0.4) is 0 Å². The number of methoxy groups -OCH3 is 1. The predicted octanol–water partition coefficient (Wildman–Crippen LogP) is 3.20. The van der Waals surface area contributed by atoms with Gasteiger partial charge in [-0.1, -0.05) is 0 Å². The summed E-state index contributed by atoms with van der Waals surface area (Å²) < 4.78 is 12.3. The van der Waals surface area contributed by atoms with Crippen LogP contribution in [0.2, 0.25) is 0 Å². The Morgan fingerprint density at radius 2 is 2.12 bits per heavy atom. The topological polar surface area (TPSA) is 91.5 Å². The summed E-state index contributed by atoms with van der Waals surface area (Å²) in [6.45, 7) is 7.26. The van der Waals surface area contributed by atoms with Crippen LogP contribution in [0.4, 0.5) is 17.1 Å². The van der Waals surface area contributed by atoms with Gasteiger partial charge >= 0.3 is 5.69 Å². The van der Waals surface area contributed by atoms with Crippen LogP contribution in [-0.4, -0.2) is 35.0 Å². The van der Waals surface area contributed by atoms with E-state index in [0.29, 0.717) is 25.4 Å². The second-order valence-corrected chi connectivity index (χ2v) is 5.26. The Balaban J connectivity index is 2.29. The van der Waals surface area contributed by atoms with Crippen LogP contribution in [-0.2, 0) is 11.3 Å². The molecule has 1 heterocycles. The Bertz CT molecular complexity index is 727. The number of rotatable bonds is 8. The highest BCUT2D eigenvalue weighted by Crippen LogP contribution is 2.32. The molecule has 2 aromatic rings. The molecule has 1 N–H and O–H groups in total. The van der Waals surface area contributed by atoms with Crippen molar-refractivity contribution in [1.82, 2.24) is 9.78 Å². The minimum atomic E-state index is -0.450. The van der Waals surface area contributed by atoms with E-state index in [1.807, 2.05) is 18.5 Å². The summed E-state index contributed by atoms with van der Waals surface area (Å²) in [5.41, 5.74) is 3.36. The molecule has 0 atom stereocenters. The lowest BCUT2D eigenvalue weighted by molar-refractivity contribution is -0.385. The van der Waals surface area contributed by atoms with Gasteiger partial charge in [-0.3, -0.25) is 14.8 Å². The van der Waals surface area contributed by atoms with Crippen molar-refractivity contribution in [1.29, 1.82) is 0 Å². The Labute approximate surface area is 140 Å². The van der Waals surface area contributed by atoms with E-state index in [-0.39, 0.29) is 11.4 Å². The SMILES string of the molecule is CCOc1cc(Nc2c(C)nn(CCOC)c2C)ccc1[N+](=O)[O-]. The maximum atomic E-state index is 11.1. The van der Waals surface area contributed by atoms with Crippen molar-refractivity contribution in [2.24, 2.45) is 0 Å². The van der Waals surface area contributed by atoms with Crippen LogP contribution < -0.4 is 10.1 Å². The van der Waals surface area contributed by atoms with E-state index in [1.54, 1.807) is 26.2 Å². The lowest BCUT2D eigenvalue weighted by Crippen LogP contribution is -2.07. The zero-order valence-electron chi connectivity index (χ0n) is 14.3. The number of benzene rings is 1. The molecule has 130 valence electrons. The number of nitro groups is 1. The Morgan fingerprint density at radius 3 is 2.75 bits per heavy atom. The van der Waals surface area contributed by atoms with Crippen molar-refractivity contribution in [2.45, 2.75) is 27.3 Å². The van der Waals surface area contributed by atoms with Crippen LogP contribution >= 0.6 is 0 Å². The average Bonchev–Trinajstić information content (AvgIpc) is 2.81. The molecule has 1 aromatic carbocycles. The number of nitrogens with zero attached hydrogens (tertiary/aromatic N) is 3. The average molecular weight is 334 g/mol. The highest BCUT2D eigenvalue weighted by molar-refractivity contribution is 5.67. The first kappa shape index (κ1) is 17.7. The molecule has 0 aliphatic heterocycles. The van der Waals surface area contributed by atoms with Gasteiger partial charge in [-0.15, -0.1) is 0 Å². The van der Waals surface area contributed by atoms with Crippen molar-refractivity contribution in [3.63, 3.8) is 0 Å². The fourth-order valence-corrected chi connectivity index (χ4v) is 2.43. The second kappa shape index (κ2) is 7.78. The molecule has 1 aromatic heterocycles. The van der Waals surface area contributed by atoms with Crippen molar-refractivity contribution >= 4 is 17.1 Å². The van der Waals surface area contributed by atoms with E-state index in [2.05, 4.69) is 10.4 Å². The van der Waals surface area contributed by atoms with Gasteiger partial charge in [0.05, 0.1) is 41.8 Å². The zero-order chi connectivity index (χ0) is 17.7. The van der Waals surface area contributed by atoms with E-state index >= 15 is 0 Å². The maximum absolute atomic E-state index is 11.1. The van der Waals surface area contributed by atoms with E-state index in [9.17, 15) is 10.1 Å². The smallest absolute Gasteiger partial charge is 0.311 e. The van der Waals surface area contributed by atoms with Crippen LogP contribution in [0.1, 0.15) is 18.3 Å². The molecule has 8 nitrogen and oxygen atoms in total. The Kier molecular flexibility index (Phi) is 5.75. The quantitative estimate of drug-likeness (QED) is 0.589. The third-order valence-corrected chi connectivity index (χ3v) is 3.61. The van der Waals surface area contributed by atoms with Gasteiger partial charge in [0, 0.05) is 24.9 Å². The number of hydrogen-bond donors (Lipinski definition) is 1. The molecule has 2 rings (SSSR count). The number of aryl methyl sites for hydroxylation is 1. The summed E-state index contributed by atoms with van der Waals surface area (Å²) in [5.74, 6) is 0.245. The van der Waals surface area contributed by atoms with E-state index in [1.165, 1.54) is 6.07 Å². The van der Waals surface area contributed by atoms with Crippen LogP contribution in [0.15, 0.2) is 18.2 Å². The number of nitro benzene ring substituents is 1. The molecule has 0 spiro atoms. The lowest BCUT2D eigenvalue weighted by Gasteiger charge is -2.10. The molecule has 0 unspecified atom stereocenters. The summed E-state index contributed by atoms with van der Waals surface area (Å²) in [6.07, 6.45) is 0. The fourth-order valence-electron chi connectivity index (χ4n) is 2.43. The molecule has 0 aliphatic carbocycles. The lowest BCUT2D eigenvalue weighted by atomic mass is 10.2. The van der Waals surface area contributed by atoms with Gasteiger partial charge in [0.15, 0.2) is 5.75 Å². The normalized spacial score (nSPS) is 10.7. The first-order valence-corrected chi connectivity index (χ1v) is 7.69. The minimum absolute atomic E-state index is 0.0494. The van der Waals surface area contributed by atoms with Crippen molar-refractivity contribution in [2.75, 3.05) is 25.6 Å². The van der Waals surface area contributed by atoms with Gasteiger partial charge in [-0.05, 0) is 26.8 Å². The molecular weight excluding hydrogens is 312 g/mol. The predicted molar refractivity (Wildman–Crippen MR) is 91.1 cm³/mol. The van der Waals surface area contributed by atoms with Crippen LogP contribution in [0.25, 0.3) is 0 Å². The molecule has 0 saturated carbocycles. The van der Waals surface area contributed by atoms with Gasteiger partial charge in [0.2, 0.25) is 0 Å². The van der Waals surface area contributed by atoms with Gasteiger partial charge in [-0.2, -0.15) is 5.10 Å². The van der Waals surface area contributed by atoms with Gasteiger partial charge in [-0.25, -0.2) is 0 Å². The minimum Gasteiger partial charge on any atom is -0.487 e. The fraction of sp³-hybridized carbons (Fsp3) is 0.438. The Morgan fingerprint density at radius 1 is 1.38 bits per heavy atom. The monoisotopic (exact) mass is 334 g/mol. The van der Waals surface area contributed by atoms with Crippen LogP contribution in [0, 0.1) is 24.0 Å². The van der Waals surface area contributed by atoms with E-state index in [4.69, 9.17) is 9.47 Å². The van der Waals surface area contributed by atoms with Gasteiger partial charge in [0.1, 0.15) is 0 Å². The standard InChI is InChI=1S/C16H22N4O4/c1-5-24-15-10-13(6-7-14(15)20(21)22)17-16-11(2)18-19(12(16)3)8-9-23-4/h6-7,10,17H,5,8-9H2,1-4H3. The van der Waals surface area contributed by atoms with E-state index in [0.717, 1.165) is 17.1 Å². The van der Waals surface area contributed by atoms with Crippen molar-refractivity contribution < 1.29 is 14.4 Å². The number of ether oxygens (including phenoxy) is 2. The molecule has 0 bridgehead atoms. The van der Waals surface area contributed by atoms with Crippen LogP contribution in [0.5, 0.6) is 5.75 Å². The highest BCUT2D eigenvalue weighted by Gasteiger charge is 2.17. The van der Waals surface area contributed by atoms with Crippen molar-refractivity contribution in [3.8, 4) is 5.75 Å². The molecule has 8 heteroatoms. The largest absolute Gasteiger partial charge is 0.487 e. The van der Waals surface area contributed by atoms with Crippen molar-refractivity contribution in [3.05, 3.63) is 39.7 Å². The molecule has 0 fully saturated rings. The maximum Gasteiger partial charge on any atom is 0.311 e. The molecule has 0 radical (unpaired) electrons. The third kappa shape index (κ3) is 3.83. The zero-order valence-corrected chi connectivity index (χ0v) is 14.3. The summed E-state index contributed by atoms with van der Waals surface area (Å²) in [7, 11) is 1.65. The summed E-state index contributed by atoms with van der Waals surface area (Å²) in [4.78, 5) is 10.6. The molecule has 0 amide bonds. The van der Waals surface area contributed by atoms with Gasteiger partial charge in [0.25, 0.3) is 0 Å². The number of aromatic nitrogens is 2. The number of anilines is 2. The summed E-state index contributed by atoms with van der Waals surface area (Å²) in [6, 6.07) is 4.73. The molecule has 0 saturated heterocycles. The number of nitrogens with one attached hydrogen (secondary N) is 1. The highest BCUT2D eigenvalue weighted by atomic mass is 16.6. The number of hydrogen-bond acceptors (Lipinski definition) is 6. The van der Waals surface area contributed by atoms with Gasteiger partial charge < -0.3 is 14.8 Å². The third-order valence-electron chi connectivity index (χ3n) is 3.61. The first-order valence-electron chi connectivity index (χ1n) is 7.69. The molecule has 24 heavy (non-hydrogen) atoms. The summed E-state index contributed by atoms with van der Waals surface area (Å²) >= 11 is 0. The van der Waals surface area contributed by atoms with E-state index < -0.39 is 4.92 Å². The first-order chi connectivity index (χ1) is 11.5. The molecular formula is C16H22N4O4. The Hall–Kier alpha value is -2.61. The summed E-state index contributed by atoms with van der Waals surface area (Å²) in [5, 5.41) is 18.8. The molecule has 0 aliphatic rings.